The Morgan fingerprint density at radius 3 is 2.50 bits per heavy atom. The smallest absolute Gasteiger partial charge is 0.193 e. The van der Waals surface area contributed by atoms with Crippen LogP contribution in [0.1, 0.15) is 18.1 Å². The highest BCUT2D eigenvalue weighted by Gasteiger charge is 2.34. The Balaban J connectivity index is 2.40. The average Bonchev–Trinajstić information content (AvgIpc) is 2.52. The first-order valence-electron chi connectivity index (χ1n) is 4.66. The van der Waals surface area contributed by atoms with Crippen LogP contribution < -0.4 is 0 Å². The summed E-state index contributed by atoms with van der Waals surface area (Å²) in [5.41, 5.74) is 2.28. The van der Waals surface area contributed by atoms with Crippen LogP contribution in [0.4, 0.5) is 0 Å². The molecule has 0 spiro atoms. The lowest BCUT2D eigenvalue weighted by atomic mass is 10.1. The number of ether oxygens (including phenoxy) is 2. The molecule has 0 saturated carbocycles. The second-order valence-electron chi connectivity index (χ2n) is 3.63. The normalized spacial score (nSPS) is 19.9. The van der Waals surface area contributed by atoms with Gasteiger partial charge < -0.3 is 9.47 Å². The highest BCUT2D eigenvalue weighted by Crippen LogP contribution is 2.35. The molecule has 3 heteroatoms. The summed E-state index contributed by atoms with van der Waals surface area (Å²) in [4.78, 5) is 0. The molecule has 0 aliphatic carbocycles. The lowest BCUT2D eigenvalue weighted by Gasteiger charge is -2.24. The van der Waals surface area contributed by atoms with E-state index in [0.29, 0.717) is 13.2 Å². The zero-order valence-corrected chi connectivity index (χ0v) is 9.93. The largest absolute Gasteiger partial charge is 0.344 e. The van der Waals surface area contributed by atoms with Crippen LogP contribution in [0.3, 0.4) is 0 Å². The maximum atomic E-state index is 5.59. The number of hydrogen-bond acceptors (Lipinski definition) is 2. The molecule has 0 aromatic heterocycles. The molecule has 0 N–H and O–H groups in total. The molecule has 0 atom stereocenters. The number of hydrogen-bond donors (Lipinski definition) is 0. The maximum Gasteiger partial charge on any atom is 0.193 e. The van der Waals surface area contributed by atoms with Gasteiger partial charge in [0.05, 0.1) is 13.2 Å². The minimum atomic E-state index is -0.577. The van der Waals surface area contributed by atoms with E-state index in [4.69, 9.17) is 9.47 Å². The zero-order valence-electron chi connectivity index (χ0n) is 8.34. The molecule has 1 aliphatic rings. The summed E-state index contributed by atoms with van der Waals surface area (Å²) in [6.45, 7) is 5.34. The van der Waals surface area contributed by atoms with E-state index in [1.807, 2.05) is 13.0 Å². The molecule has 0 radical (unpaired) electrons. The van der Waals surface area contributed by atoms with Crippen LogP contribution >= 0.6 is 15.9 Å². The fourth-order valence-corrected chi connectivity index (χ4v) is 2.51. The van der Waals surface area contributed by atoms with E-state index in [9.17, 15) is 0 Å². The Kier molecular flexibility index (Phi) is 2.64. The second kappa shape index (κ2) is 3.65. The molecule has 1 aromatic rings. The van der Waals surface area contributed by atoms with Crippen LogP contribution in [-0.4, -0.2) is 13.2 Å². The molecule has 76 valence electrons. The van der Waals surface area contributed by atoms with Gasteiger partial charge in [0.1, 0.15) is 0 Å². The predicted octanol–water partition coefficient (Wildman–Crippen LogP) is 2.98. The van der Waals surface area contributed by atoms with E-state index >= 15 is 0 Å². The standard InChI is InChI=1S/C11H13BrO2/c1-8-3-4-9(10(12)7-8)11(2)13-5-6-14-11/h3-4,7H,5-6H2,1-2H3. The number of aryl methyl sites for hydroxylation is 1. The van der Waals surface area contributed by atoms with E-state index in [1.165, 1.54) is 5.56 Å². The van der Waals surface area contributed by atoms with Crippen molar-refractivity contribution in [1.29, 1.82) is 0 Å². The summed E-state index contributed by atoms with van der Waals surface area (Å²) in [7, 11) is 0. The van der Waals surface area contributed by atoms with Crippen molar-refractivity contribution in [3.05, 3.63) is 33.8 Å². The molecular formula is C11H13BrO2. The van der Waals surface area contributed by atoms with E-state index in [-0.39, 0.29) is 0 Å². The molecule has 0 amide bonds. The summed E-state index contributed by atoms with van der Waals surface area (Å²) in [5.74, 6) is -0.577. The third-order valence-electron chi connectivity index (χ3n) is 2.45. The Labute approximate surface area is 92.3 Å². The summed E-state index contributed by atoms with van der Waals surface area (Å²) in [6, 6.07) is 6.19. The Morgan fingerprint density at radius 1 is 1.29 bits per heavy atom. The van der Waals surface area contributed by atoms with Crippen molar-refractivity contribution < 1.29 is 9.47 Å². The number of rotatable bonds is 1. The molecule has 1 saturated heterocycles. The number of halogens is 1. The monoisotopic (exact) mass is 256 g/mol. The van der Waals surface area contributed by atoms with Gasteiger partial charge in [-0.3, -0.25) is 0 Å². The van der Waals surface area contributed by atoms with E-state index in [0.717, 1.165) is 10.0 Å². The SMILES string of the molecule is Cc1ccc(C2(C)OCCO2)c(Br)c1. The Bertz CT molecular complexity index is 343. The van der Waals surface area contributed by atoms with Crippen molar-refractivity contribution in [3.8, 4) is 0 Å². The van der Waals surface area contributed by atoms with Crippen molar-refractivity contribution >= 4 is 15.9 Å². The van der Waals surface area contributed by atoms with Gasteiger partial charge in [-0.05, 0) is 25.5 Å². The van der Waals surface area contributed by atoms with Crippen LogP contribution in [0.2, 0.25) is 0 Å². The molecule has 0 bridgehead atoms. The first-order chi connectivity index (χ1) is 6.62. The Morgan fingerprint density at radius 2 is 1.93 bits per heavy atom. The van der Waals surface area contributed by atoms with E-state index < -0.39 is 5.79 Å². The van der Waals surface area contributed by atoms with E-state index in [1.54, 1.807) is 0 Å². The molecule has 2 rings (SSSR count). The quantitative estimate of drug-likeness (QED) is 0.770. The van der Waals surface area contributed by atoms with Gasteiger partial charge in [0, 0.05) is 10.0 Å². The zero-order chi connectivity index (χ0) is 10.2. The first kappa shape index (κ1) is 10.1. The fraction of sp³-hybridized carbons (Fsp3) is 0.455. The molecule has 0 unspecified atom stereocenters. The van der Waals surface area contributed by atoms with Crippen LogP contribution in [0.15, 0.2) is 22.7 Å². The van der Waals surface area contributed by atoms with Crippen LogP contribution in [0.5, 0.6) is 0 Å². The summed E-state index contributed by atoms with van der Waals surface area (Å²) in [5, 5.41) is 0. The highest BCUT2D eigenvalue weighted by molar-refractivity contribution is 9.10. The average molecular weight is 257 g/mol. The lowest BCUT2D eigenvalue weighted by molar-refractivity contribution is -0.150. The first-order valence-corrected chi connectivity index (χ1v) is 5.46. The van der Waals surface area contributed by atoms with Crippen molar-refractivity contribution in [1.82, 2.24) is 0 Å². The molecule has 1 heterocycles. The molecular weight excluding hydrogens is 244 g/mol. The van der Waals surface area contributed by atoms with Gasteiger partial charge in [-0.15, -0.1) is 0 Å². The summed E-state index contributed by atoms with van der Waals surface area (Å²) >= 11 is 3.53. The predicted molar refractivity (Wildman–Crippen MR) is 58.1 cm³/mol. The minimum Gasteiger partial charge on any atom is -0.344 e. The minimum absolute atomic E-state index is 0.577. The summed E-state index contributed by atoms with van der Waals surface area (Å²) < 4.78 is 12.2. The van der Waals surface area contributed by atoms with Gasteiger partial charge in [-0.1, -0.05) is 28.1 Å². The van der Waals surface area contributed by atoms with Crippen molar-refractivity contribution in [2.75, 3.05) is 13.2 Å². The van der Waals surface area contributed by atoms with Gasteiger partial charge in [0.25, 0.3) is 0 Å². The van der Waals surface area contributed by atoms with Crippen molar-refractivity contribution in [3.63, 3.8) is 0 Å². The molecule has 2 nitrogen and oxygen atoms in total. The third kappa shape index (κ3) is 1.72. The molecule has 1 aromatic carbocycles. The topological polar surface area (TPSA) is 18.5 Å². The molecule has 14 heavy (non-hydrogen) atoms. The van der Waals surface area contributed by atoms with Crippen LogP contribution in [-0.2, 0) is 15.3 Å². The number of benzene rings is 1. The summed E-state index contributed by atoms with van der Waals surface area (Å²) in [6.07, 6.45) is 0. The second-order valence-corrected chi connectivity index (χ2v) is 4.48. The van der Waals surface area contributed by atoms with Crippen LogP contribution in [0, 0.1) is 6.92 Å². The van der Waals surface area contributed by atoms with Gasteiger partial charge in [0.2, 0.25) is 0 Å². The lowest BCUT2D eigenvalue weighted by Crippen LogP contribution is -2.22. The van der Waals surface area contributed by atoms with Crippen LogP contribution in [0.25, 0.3) is 0 Å². The van der Waals surface area contributed by atoms with Crippen molar-refractivity contribution in [2.45, 2.75) is 19.6 Å². The van der Waals surface area contributed by atoms with E-state index in [2.05, 4.69) is 35.0 Å². The van der Waals surface area contributed by atoms with Gasteiger partial charge in [-0.25, -0.2) is 0 Å². The van der Waals surface area contributed by atoms with Gasteiger partial charge in [0.15, 0.2) is 5.79 Å². The Hall–Kier alpha value is -0.380. The van der Waals surface area contributed by atoms with Gasteiger partial charge >= 0.3 is 0 Å². The fourth-order valence-electron chi connectivity index (χ4n) is 1.66. The molecule has 1 fully saturated rings. The highest BCUT2D eigenvalue weighted by atomic mass is 79.9. The van der Waals surface area contributed by atoms with Crippen molar-refractivity contribution in [2.24, 2.45) is 0 Å². The van der Waals surface area contributed by atoms with Gasteiger partial charge in [-0.2, -0.15) is 0 Å². The third-order valence-corrected chi connectivity index (χ3v) is 3.11. The molecule has 1 aliphatic heterocycles. The maximum absolute atomic E-state index is 5.59.